The molecule has 1 heterocycles. The first-order chi connectivity index (χ1) is 6.75. The van der Waals surface area contributed by atoms with Crippen LogP contribution in [0.3, 0.4) is 0 Å². The first-order valence-electron chi connectivity index (χ1n) is 5.73. The van der Waals surface area contributed by atoms with Gasteiger partial charge in [0.15, 0.2) is 0 Å². The number of aromatic nitrogens is 2. The van der Waals surface area contributed by atoms with Crippen LogP contribution in [0.1, 0.15) is 33.1 Å². The zero-order chi connectivity index (χ0) is 9.97. The Balaban J connectivity index is 1.84. The van der Waals surface area contributed by atoms with Crippen LogP contribution in [0.4, 0.5) is 0 Å². The van der Waals surface area contributed by atoms with Gasteiger partial charge in [-0.15, -0.1) is 0 Å². The van der Waals surface area contributed by atoms with Crippen molar-refractivity contribution in [1.29, 1.82) is 0 Å². The largest absolute Gasteiger partial charge is 0.272 e. The second-order valence-electron chi connectivity index (χ2n) is 4.91. The van der Waals surface area contributed by atoms with E-state index in [1.807, 2.05) is 12.3 Å². The van der Waals surface area contributed by atoms with Crippen LogP contribution in [0.15, 0.2) is 18.5 Å². The van der Waals surface area contributed by atoms with Gasteiger partial charge in [0.05, 0.1) is 0 Å². The molecule has 1 aromatic heterocycles. The Morgan fingerprint density at radius 3 is 2.86 bits per heavy atom. The van der Waals surface area contributed by atoms with Crippen molar-refractivity contribution in [2.45, 2.75) is 39.7 Å². The minimum absolute atomic E-state index is 0.859. The average Bonchev–Trinajstić information content (AvgIpc) is 2.75. The highest BCUT2D eigenvalue weighted by Crippen LogP contribution is 2.36. The van der Waals surface area contributed by atoms with E-state index in [9.17, 15) is 0 Å². The molecule has 0 saturated heterocycles. The molecule has 2 unspecified atom stereocenters. The van der Waals surface area contributed by atoms with E-state index < -0.39 is 0 Å². The van der Waals surface area contributed by atoms with E-state index in [-0.39, 0.29) is 0 Å². The van der Waals surface area contributed by atoms with Crippen molar-refractivity contribution in [3.05, 3.63) is 18.5 Å². The van der Waals surface area contributed by atoms with Gasteiger partial charge in [0.25, 0.3) is 0 Å². The predicted molar refractivity (Wildman–Crippen MR) is 57.9 cm³/mol. The summed E-state index contributed by atoms with van der Waals surface area (Å²) in [7, 11) is 0. The van der Waals surface area contributed by atoms with Crippen molar-refractivity contribution in [1.82, 2.24) is 9.78 Å². The summed E-state index contributed by atoms with van der Waals surface area (Å²) in [5.41, 5.74) is 0. The molecule has 2 atom stereocenters. The molecule has 2 rings (SSSR count). The van der Waals surface area contributed by atoms with Crippen LogP contribution < -0.4 is 0 Å². The molecule has 1 aliphatic rings. The molecule has 0 bridgehead atoms. The summed E-state index contributed by atoms with van der Waals surface area (Å²) in [6.45, 7) is 5.82. The maximum absolute atomic E-state index is 4.27. The molecule has 0 N–H and O–H groups in total. The molecule has 0 spiro atoms. The van der Waals surface area contributed by atoms with Crippen LogP contribution in [0, 0.1) is 17.8 Å². The molecule has 0 aromatic carbocycles. The number of rotatable bonds is 3. The van der Waals surface area contributed by atoms with Gasteiger partial charge in [0.1, 0.15) is 0 Å². The molecule has 0 amide bonds. The van der Waals surface area contributed by atoms with Gasteiger partial charge < -0.3 is 0 Å². The fourth-order valence-corrected chi connectivity index (χ4v) is 2.56. The van der Waals surface area contributed by atoms with Gasteiger partial charge in [-0.05, 0) is 43.1 Å². The van der Waals surface area contributed by atoms with Crippen molar-refractivity contribution in [3.63, 3.8) is 0 Å². The molecule has 1 saturated carbocycles. The zero-order valence-corrected chi connectivity index (χ0v) is 9.19. The predicted octanol–water partition coefficient (Wildman–Crippen LogP) is 2.96. The smallest absolute Gasteiger partial charge is 0.0489 e. The number of nitrogens with zero attached hydrogens (tertiary/aromatic N) is 2. The van der Waals surface area contributed by atoms with Crippen molar-refractivity contribution in [2.75, 3.05) is 0 Å². The highest BCUT2D eigenvalue weighted by molar-refractivity contribution is 4.82. The quantitative estimate of drug-likeness (QED) is 0.720. The summed E-state index contributed by atoms with van der Waals surface area (Å²) in [6, 6.07) is 2.01. The first-order valence-corrected chi connectivity index (χ1v) is 5.73. The van der Waals surface area contributed by atoms with Crippen molar-refractivity contribution in [2.24, 2.45) is 17.8 Å². The third-order valence-electron chi connectivity index (χ3n) is 3.53. The molecule has 1 aromatic rings. The first kappa shape index (κ1) is 9.75. The summed E-state index contributed by atoms with van der Waals surface area (Å²) in [5.74, 6) is 2.68. The maximum atomic E-state index is 4.27. The summed E-state index contributed by atoms with van der Waals surface area (Å²) in [6.07, 6.45) is 8.15. The Morgan fingerprint density at radius 2 is 2.29 bits per heavy atom. The minimum Gasteiger partial charge on any atom is -0.272 e. The van der Waals surface area contributed by atoms with Crippen molar-refractivity contribution in [3.8, 4) is 0 Å². The number of hydrogen-bond acceptors (Lipinski definition) is 1. The monoisotopic (exact) mass is 192 g/mol. The van der Waals surface area contributed by atoms with Crippen molar-refractivity contribution >= 4 is 0 Å². The number of hydrogen-bond donors (Lipinski definition) is 0. The van der Waals surface area contributed by atoms with E-state index in [4.69, 9.17) is 0 Å². The molecule has 0 aliphatic heterocycles. The van der Waals surface area contributed by atoms with E-state index in [2.05, 4.69) is 29.8 Å². The lowest BCUT2D eigenvalue weighted by Gasteiger charge is -2.14. The Bertz CT molecular complexity index is 264. The lowest BCUT2D eigenvalue weighted by atomic mass is 9.93. The van der Waals surface area contributed by atoms with Crippen LogP contribution in [-0.2, 0) is 6.54 Å². The van der Waals surface area contributed by atoms with Gasteiger partial charge in [0, 0.05) is 18.9 Å². The summed E-state index contributed by atoms with van der Waals surface area (Å²) >= 11 is 0. The van der Waals surface area contributed by atoms with E-state index >= 15 is 0 Å². The van der Waals surface area contributed by atoms with Crippen LogP contribution in [-0.4, -0.2) is 9.78 Å². The van der Waals surface area contributed by atoms with Gasteiger partial charge in [-0.25, -0.2) is 0 Å². The standard InChI is InChI=1S/C12H20N2/c1-10(2)12-5-4-11(8-12)9-14-7-3-6-13-14/h3,6-7,10-12H,4-5,8-9H2,1-2H3. The highest BCUT2D eigenvalue weighted by atomic mass is 15.3. The minimum atomic E-state index is 0.859. The van der Waals surface area contributed by atoms with Crippen LogP contribution >= 0.6 is 0 Å². The molecule has 78 valence electrons. The lowest BCUT2D eigenvalue weighted by Crippen LogP contribution is -2.10. The van der Waals surface area contributed by atoms with Crippen LogP contribution in [0.25, 0.3) is 0 Å². The Hall–Kier alpha value is -0.790. The fourth-order valence-electron chi connectivity index (χ4n) is 2.56. The highest BCUT2D eigenvalue weighted by Gasteiger charge is 2.26. The van der Waals surface area contributed by atoms with Gasteiger partial charge in [-0.3, -0.25) is 4.68 Å². The zero-order valence-electron chi connectivity index (χ0n) is 9.19. The second-order valence-corrected chi connectivity index (χ2v) is 4.91. The fraction of sp³-hybridized carbons (Fsp3) is 0.750. The molecular formula is C12H20N2. The van der Waals surface area contributed by atoms with Gasteiger partial charge in [-0.1, -0.05) is 13.8 Å². The second kappa shape index (κ2) is 4.16. The summed E-state index contributed by atoms with van der Waals surface area (Å²) < 4.78 is 2.08. The lowest BCUT2D eigenvalue weighted by molar-refractivity contribution is 0.357. The van der Waals surface area contributed by atoms with Gasteiger partial charge in [0.2, 0.25) is 0 Å². The Morgan fingerprint density at radius 1 is 1.43 bits per heavy atom. The summed E-state index contributed by atoms with van der Waals surface area (Å²) in [5, 5.41) is 4.27. The van der Waals surface area contributed by atoms with E-state index in [1.165, 1.54) is 19.3 Å². The van der Waals surface area contributed by atoms with Crippen LogP contribution in [0.5, 0.6) is 0 Å². The molecule has 1 aliphatic carbocycles. The van der Waals surface area contributed by atoms with E-state index in [1.54, 1.807) is 0 Å². The molecular weight excluding hydrogens is 172 g/mol. The normalized spacial score (nSPS) is 27.4. The van der Waals surface area contributed by atoms with Gasteiger partial charge >= 0.3 is 0 Å². The SMILES string of the molecule is CC(C)C1CCC(Cn2cccn2)C1. The maximum Gasteiger partial charge on any atom is 0.0489 e. The summed E-state index contributed by atoms with van der Waals surface area (Å²) in [4.78, 5) is 0. The van der Waals surface area contributed by atoms with Crippen LogP contribution in [0.2, 0.25) is 0 Å². The topological polar surface area (TPSA) is 17.8 Å². The Kier molecular flexibility index (Phi) is 2.90. The third kappa shape index (κ3) is 2.17. The third-order valence-corrected chi connectivity index (χ3v) is 3.53. The van der Waals surface area contributed by atoms with E-state index in [0.29, 0.717) is 0 Å². The molecule has 2 heteroatoms. The Labute approximate surface area is 86.3 Å². The van der Waals surface area contributed by atoms with E-state index in [0.717, 1.165) is 24.3 Å². The molecule has 0 radical (unpaired) electrons. The average molecular weight is 192 g/mol. The molecule has 2 nitrogen and oxygen atoms in total. The van der Waals surface area contributed by atoms with Crippen molar-refractivity contribution < 1.29 is 0 Å². The molecule has 14 heavy (non-hydrogen) atoms. The van der Waals surface area contributed by atoms with Gasteiger partial charge in [-0.2, -0.15) is 5.10 Å². The molecule has 1 fully saturated rings.